The van der Waals surface area contributed by atoms with Gasteiger partial charge in [0.1, 0.15) is 23.9 Å². The maximum Gasteiger partial charge on any atom is 0.240 e. The Kier molecular flexibility index (Phi) is 8.19. The third kappa shape index (κ3) is 5.87. The van der Waals surface area contributed by atoms with Gasteiger partial charge in [-0.05, 0) is 42.0 Å². The molecule has 0 radical (unpaired) electrons. The topological polar surface area (TPSA) is 89.3 Å². The molecular formula is C33H28FN5O3S. The Bertz CT molecular complexity index is 1750. The lowest BCUT2D eigenvalue weighted by Crippen LogP contribution is -2.42. The van der Waals surface area contributed by atoms with Crippen molar-refractivity contribution >= 4 is 29.4 Å². The van der Waals surface area contributed by atoms with Crippen LogP contribution < -0.4 is 15.0 Å². The van der Waals surface area contributed by atoms with Crippen molar-refractivity contribution in [3.63, 3.8) is 0 Å². The molecule has 6 rings (SSSR count). The molecule has 0 fully saturated rings. The van der Waals surface area contributed by atoms with Crippen LogP contribution in [0.3, 0.4) is 0 Å². The van der Waals surface area contributed by atoms with Gasteiger partial charge in [0.15, 0.2) is 0 Å². The van der Waals surface area contributed by atoms with Crippen LogP contribution in [0.1, 0.15) is 21.9 Å². The van der Waals surface area contributed by atoms with E-state index in [0.717, 1.165) is 11.1 Å². The highest BCUT2D eigenvalue weighted by atomic mass is 32.2. The van der Waals surface area contributed by atoms with E-state index in [0.29, 0.717) is 34.1 Å². The second-order valence-electron chi connectivity index (χ2n) is 9.89. The van der Waals surface area contributed by atoms with Gasteiger partial charge in [-0.15, -0.1) is 11.8 Å². The van der Waals surface area contributed by atoms with Gasteiger partial charge in [0.25, 0.3) is 0 Å². The standard InChI is InChI=1S/C33H28FN5O3S/c1-42-25-15-13-24(14-16-25)39-33-30(31(37-39)23-9-3-2-4-10-23)32(26-11-5-6-12-27(26)34)43-21-29(41)38(33)20-28(40)36-19-22-8-7-17-35-18-22/h2-18,32H,19-21H2,1H3,(H,36,40). The van der Waals surface area contributed by atoms with Gasteiger partial charge in [0.05, 0.1) is 29.5 Å². The van der Waals surface area contributed by atoms with Crippen LogP contribution in [0.4, 0.5) is 10.2 Å². The number of amides is 2. The van der Waals surface area contributed by atoms with E-state index in [4.69, 9.17) is 9.84 Å². The number of thioether (sulfide) groups is 1. The Morgan fingerprint density at radius 2 is 1.79 bits per heavy atom. The summed E-state index contributed by atoms with van der Waals surface area (Å²) in [5.74, 6) is 0.117. The molecule has 0 saturated heterocycles. The smallest absolute Gasteiger partial charge is 0.240 e. The molecule has 1 unspecified atom stereocenters. The minimum atomic E-state index is -0.564. The summed E-state index contributed by atoms with van der Waals surface area (Å²) in [4.78, 5) is 32.7. The number of nitrogens with zero attached hydrogens (tertiary/aromatic N) is 4. The summed E-state index contributed by atoms with van der Waals surface area (Å²) in [5.41, 5.74) is 4.00. The van der Waals surface area contributed by atoms with E-state index < -0.39 is 5.25 Å². The normalized spacial score (nSPS) is 14.6. The number of benzene rings is 3. The van der Waals surface area contributed by atoms with E-state index in [1.165, 1.54) is 22.7 Å². The zero-order valence-electron chi connectivity index (χ0n) is 23.3. The van der Waals surface area contributed by atoms with Crippen LogP contribution in [0.25, 0.3) is 16.9 Å². The average molecular weight is 594 g/mol. The van der Waals surface area contributed by atoms with Gasteiger partial charge in [0.2, 0.25) is 11.8 Å². The zero-order valence-corrected chi connectivity index (χ0v) is 24.1. The van der Waals surface area contributed by atoms with Crippen molar-refractivity contribution < 1.29 is 18.7 Å². The number of ether oxygens (including phenoxy) is 1. The number of methoxy groups -OCH3 is 1. The van der Waals surface area contributed by atoms with Gasteiger partial charge >= 0.3 is 0 Å². The van der Waals surface area contributed by atoms with E-state index in [9.17, 15) is 9.59 Å². The summed E-state index contributed by atoms with van der Waals surface area (Å²) in [7, 11) is 1.59. The lowest BCUT2D eigenvalue weighted by atomic mass is 9.99. The van der Waals surface area contributed by atoms with E-state index >= 15 is 4.39 Å². The van der Waals surface area contributed by atoms with Crippen molar-refractivity contribution in [1.29, 1.82) is 0 Å². The van der Waals surface area contributed by atoms with Gasteiger partial charge in [-0.1, -0.05) is 54.6 Å². The summed E-state index contributed by atoms with van der Waals surface area (Å²) in [6.45, 7) is 0.0217. The second-order valence-corrected chi connectivity index (χ2v) is 11.0. The molecule has 0 saturated carbocycles. The molecule has 1 atom stereocenters. The van der Waals surface area contributed by atoms with Crippen LogP contribution in [0, 0.1) is 5.82 Å². The highest BCUT2D eigenvalue weighted by molar-refractivity contribution is 8.00. The molecule has 10 heteroatoms. The third-order valence-electron chi connectivity index (χ3n) is 7.16. The minimum Gasteiger partial charge on any atom is -0.497 e. The number of pyridine rings is 1. The van der Waals surface area contributed by atoms with E-state index in [-0.39, 0.29) is 36.5 Å². The molecule has 1 aliphatic heterocycles. The Labute approximate surface area is 252 Å². The number of nitrogens with one attached hydrogen (secondary N) is 1. The quantitative estimate of drug-likeness (QED) is 0.253. The highest BCUT2D eigenvalue weighted by Gasteiger charge is 2.38. The molecule has 1 N–H and O–H groups in total. The lowest BCUT2D eigenvalue weighted by molar-refractivity contribution is -0.123. The van der Waals surface area contributed by atoms with Crippen molar-refractivity contribution in [2.75, 3.05) is 24.3 Å². The van der Waals surface area contributed by atoms with Crippen LogP contribution in [0.2, 0.25) is 0 Å². The molecule has 8 nitrogen and oxygen atoms in total. The molecular weight excluding hydrogens is 565 g/mol. The van der Waals surface area contributed by atoms with Crippen LogP contribution in [0.5, 0.6) is 5.75 Å². The number of fused-ring (bicyclic) bond motifs is 1. The van der Waals surface area contributed by atoms with Gasteiger partial charge in [-0.2, -0.15) is 5.10 Å². The summed E-state index contributed by atoms with van der Waals surface area (Å²) >= 11 is 1.32. The molecule has 0 aliphatic carbocycles. The number of carbonyl (C=O) groups is 2. The number of rotatable bonds is 8. The van der Waals surface area contributed by atoms with Crippen molar-refractivity contribution in [1.82, 2.24) is 20.1 Å². The number of hydrogen-bond donors (Lipinski definition) is 1. The molecule has 3 aromatic carbocycles. The fourth-order valence-electron chi connectivity index (χ4n) is 5.07. The first-order valence-corrected chi connectivity index (χ1v) is 14.7. The molecule has 0 spiro atoms. The van der Waals surface area contributed by atoms with Crippen molar-refractivity contribution in [3.05, 3.63) is 126 Å². The van der Waals surface area contributed by atoms with E-state index in [1.54, 1.807) is 60.6 Å². The van der Waals surface area contributed by atoms with Crippen molar-refractivity contribution in [2.24, 2.45) is 0 Å². The van der Waals surface area contributed by atoms with Crippen LogP contribution in [-0.4, -0.2) is 46.0 Å². The number of carbonyl (C=O) groups excluding carboxylic acids is 2. The molecule has 0 bridgehead atoms. The highest BCUT2D eigenvalue weighted by Crippen LogP contribution is 2.49. The fraction of sp³-hybridized carbons (Fsp3) is 0.152. The Balaban J connectivity index is 1.52. The monoisotopic (exact) mass is 593 g/mol. The molecule has 3 heterocycles. The van der Waals surface area contributed by atoms with Crippen LogP contribution in [-0.2, 0) is 16.1 Å². The first-order valence-electron chi connectivity index (χ1n) is 13.7. The first kappa shape index (κ1) is 28.2. The fourth-order valence-corrected chi connectivity index (χ4v) is 6.29. The number of hydrogen-bond acceptors (Lipinski definition) is 6. The Hall–Kier alpha value is -4.96. The SMILES string of the molecule is COc1ccc(-n2nc(-c3ccccc3)c3c2N(CC(=O)NCc2cccnc2)C(=O)CSC3c2ccccc2F)cc1. The third-order valence-corrected chi connectivity index (χ3v) is 8.39. The number of halogens is 1. The molecule has 216 valence electrons. The summed E-state index contributed by atoms with van der Waals surface area (Å²) in [5, 5.41) is 7.36. The van der Waals surface area contributed by atoms with Crippen LogP contribution >= 0.6 is 11.8 Å². The van der Waals surface area contributed by atoms with Gasteiger partial charge in [0, 0.05) is 35.6 Å². The average Bonchev–Trinajstić information content (AvgIpc) is 3.38. The lowest BCUT2D eigenvalue weighted by Gasteiger charge is -2.23. The zero-order chi connectivity index (χ0) is 29.8. The number of anilines is 1. The van der Waals surface area contributed by atoms with Crippen LogP contribution in [0.15, 0.2) is 103 Å². The molecule has 2 amide bonds. The predicted octanol–water partition coefficient (Wildman–Crippen LogP) is 5.57. The van der Waals surface area contributed by atoms with E-state index in [1.807, 2.05) is 48.5 Å². The minimum absolute atomic E-state index is 0.0421. The van der Waals surface area contributed by atoms with Crippen molar-refractivity contribution in [3.8, 4) is 22.7 Å². The maximum absolute atomic E-state index is 15.4. The maximum atomic E-state index is 15.4. The summed E-state index contributed by atoms with van der Waals surface area (Å²) in [6, 6.07) is 27.1. The van der Waals surface area contributed by atoms with Gasteiger partial charge < -0.3 is 10.1 Å². The second kappa shape index (κ2) is 12.5. The summed E-state index contributed by atoms with van der Waals surface area (Å²) in [6.07, 6.45) is 3.34. The largest absolute Gasteiger partial charge is 0.497 e. The Morgan fingerprint density at radius 1 is 1.02 bits per heavy atom. The van der Waals surface area contributed by atoms with Gasteiger partial charge in [-0.3, -0.25) is 19.5 Å². The molecule has 5 aromatic rings. The summed E-state index contributed by atoms with van der Waals surface area (Å²) < 4.78 is 22.4. The molecule has 2 aromatic heterocycles. The molecule has 1 aliphatic rings. The van der Waals surface area contributed by atoms with Gasteiger partial charge in [-0.25, -0.2) is 9.07 Å². The van der Waals surface area contributed by atoms with Crippen molar-refractivity contribution in [2.45, 2.75) is 11.8 Å². The molecule has 43 heavy (non-hydrogen) atoms. The van der Waals surface area contributed by atoms with E-state index in [2.05, 4.69) is 10.3 Å². The number of aromatic nitrogens is 3. The predicted molar refractivity (Wildman–Crippen MR) is 165 cm³/mol. The first-order chi connectivity index (χ1) is 21.0. The Morgan fingerprint density at radius 3 is 2.51 bits per heavy atom.